The molecule has 0 saturated carbocycles. The summed E-state index contributed by atoms with van der Waals surface area (Å²) in [6.45, 7) is 4.24. The Morgan fingerprint density at radius 2 is 1.89 bits per heavy atom. The van der Waals surface area contributed by atoms with Gasteiger partial charge in [0.25, 0.3) is 0 Å². The van der Waals surface area contributed by atoms with Gasteiger partial charge in [-0.25, -0.2) is 9.97 Å². The first-order chi connectivity index (χ1) is 21.5. The van der Waals surface area contributed by atoms with Gasteiger partial charge in [-0.2, -0.15) is 0 Å². The number of unbranched alkanes of at least 4 members (excludes halogenated alkanes) is 1. The molecule has 0 radical (unpaired) electrons. The van der Waals surface area contributed by atoms with E-state index >= 15 is 0 Å². The minimum atomic E-state index is -0.253. The molecule has 1 aliphatic carbocycles. The number of aromatic nitrogens is 5. The van der Waals surface area contributed by atoms with Gasteiger partial charge in [-0.3, -0.25) is 19.5 Å². The number of hydrogen-bond donors (Lipinski definition) is 1. The fourth-order valence-corrected chi connectivity index (χ4v) is 6.87. The third kappa shape index (κ3) is 6.97. The first kappa shape index (κ1) is 29.9. The summed E-state index contributed by atoms with van der Waals surface area (Å²) in [6, 6.07) is 20.9. The van der Waals surface area contributed by atoms with E-state index in [1.807, 2.05) is 17.6 Å². The topological polar surface area (TPSA) is 103 Å². The van der Waals surface area contributed by atoms with E-state index in [9.17, 15) is 9.59 Å². The van der Waals surface area contributed by atoms with Gasteiger partial charge in [0.2, 0.25) is 11.9 Å². The van der Waals surface area contributed by atoms with Crippen molar-refractivity contribution < 1.29 is 9.59 Å². The second kappa shape index (κ2) is 13.7. The summed E-state index contributed by atoms with van der Waals surface area (Å²) in [4.78, 5) is 36.0. The maximum Gasteiger partial charge on any atom is 0.237 e. The Labute approximate surface area is 265 Å². The molecule has 44 heavy (non-hydrogen) atoms. The number of nitrogens with one attached hydrogen (secondary N) is 1. The largest absolute Gasteiger partial charge is 0.294 e. The second-order valence-electron chi connectivity index (χ2n) is 11.1. The number of nitrogens with zero attached hydrogens (tertiary/aromatic N) is 5. The highest BCUT2D eigenvalue weighted by Gasteiger charge is 2.28. The van der Waals surface area contributed by atoms with Crippen molar-refractivity contribution in [3.05, 3.63) is 111 Å². The number of rotatable bonds is 11. The number of aryl methyl sites for hydroxylation is 2. The van der Waals surface area contributed by atoms with E-state index in [2.05, 4.69) is 92.4 Å². The van der Waals surface area contributed by atoms with Gasteiger partial charge < -0.3 is 0 Å². The minimum Gasteiger partial charge on any atom is -0.294 e. The summed E-state index contributed by atoms with van der Waals surface area (Å²) in [5, 5.41) is 14.5. The van der Waals surface area contributed by atoms with Gasteiger partial charge >= 0.3 is 0 Å². The Morgan fingerprint density at radius 3 is 2.64 bits per heavy atom. The van der Waals surface area contributed by atoms with E-state index in [0.29, 0.717) is 35.7 Å². The van der Waals surface area contributed by atoms with Crippen molar-refractivity contribution in [3.8, 4) is 5.69 Å². The van der Waals surface area contributed by atoms with Gasteiger partial charge in [-0.15, -0.1) is 21.5 Å². The summed E-state index contributed by atoms with van der Waals surface area (Å²) in [6.07, 6.45) is 6.61. The first-order valence-corrected chi connectivity index (χ1v) is 16.8. The van der Waals surface area contributed by atoms with E-state index < -0.39 is 0 Å². The number of carbonyl (C=O) groups excluding carboxylic acids is 2. The number of thioether (sulfide) groups is 1. The van der Waals surface area contributed by atoms with E-state index in [1.54, 1.807) is 11.3 Å². The molecule has 0 aliphatic heterocycles. The molecule has 1 amide bonds. The van der Waals surface area contributed by atoms with Crippen LogP contribution in [0.1, 0.15) is 75.5 Å². The highest BCUT2D eigenvalue weighted by molar-refractivity contribution is 7.99. The van der Waals surface area contributed by atoms with Crippen LogP contribution in [0.2, 0.25) is 0 Å². The summed E-state index contributed by atoms with van der Waals surface area (Å²) in [5.41, 5.74) is 5.77. The van der Waals surface area contributed by atoms with Crippen LogP contribution in [0, 0.1) is 6.92 Å². The summed E-state index contributed by atoms with van der Waals surface area (Å²) < 4.78 is 2.04. The molecule has 0 bridgehead atoms. The Hall–Kier alpha value is -4.15. The first-order valence-electron chi connectivity index (χ1n) is 14.9. The Morgan fingerprint density at radius 1 is 1.07 bits per heavy atom. The zero-order valence-electron chi connectivity index (χ0n) is 24.8. The zero-order valence-corrected chi connectivity index (χ0v) is 26.5. The lowest BCUT2D eigenvalue weighted by Crippen LogP contribution is -2.23. The molecule has 224 valence electrons. The standard InChI is InChI=1S/C34H34N6O2S2/c1-3-4-6-23-10-14-26(15-11-23)40-31(19-27-7-5-16-43-27)38-39-34(40)44-21-32(42)37-33-35-20-28-29(36-33)17-25(18-30(28)41)24-12-8-22(2)9-13-24/h5,7-16,20,25H,3-4,6,17-19,21H2,1-2H3,(H,35,36,37,42)/t25-/m0/s1. The predicted molar refractivity (Wildman–Crippen MR) is 175 cm³/mol. The predicted octanol–water partition coefficient (Wildman–Crippen LogP) is 7.00. The van der Waals surface area contributed by atoms with Crippen molar-refractivity contribution in [2.24, 2.45) is 0 Å². The molecule has 5 aromatic rings. The molecule has 3 heterocycles. The van der Waals surface area contributed by atoms with Crippen molar-refractivity contribution in [2.45, 2.75) is 63.4 Å². The molecule has 0 fully saturated rings. The second-order valence-corrected chi connectivity index (χ2v) is 13.1. The number of Topliss-reactive ketones (excluding diaryl/α,β-unsaturated/α-hetero) is 1. The van der Waals surface area contributed by atoms with Gasteiger partial charge in [0.15, 0.2) is 10.9 Å². The normalized spacial score (nSPS) is 14.4. The number of thiophene rings is 1. The SMILES string of the molecule is CCCCc1ccc(-n2c(Cc3cccs3)nnc2SCC(=O)Nc2ncc3c(n2)C[C@H](c2ccc(C)cc2)CC3=O)cc1. The molecule has 0 spiro atoms. The van der Waals surface area contributed by atoms with Crippen LogP contribution in [-0.2, 0) is 24.1 Å². The molecule has 8 nitrogen and oxygen atoms in total. The summed E-state index contributed by atoms with van der Waals surface area (Å²) in [5.74, 6) is 0.964. The van der Waals surface area contributed by atoms with Crippen molar-refractivity contribution in [1.82, 2.24) is 24.7 Å². The molecular formula is C34H34N6O2S2. The highest BCUT2D eigenvalue weighted by atomic mass is 32.2. The van der Waals surface area contributed by atoms with Crippen molar-refractivity contribution >= 4 is 40.7 Å². The Kier molecular flexibility index (Phi) is 9.28. The molecule has 1 N–H and O–H groups in total. The molecule has 0 unspecified atom stereocenters. The van der Waals surface area contributed by atoms with Crippen LogP contribution >= 0.6 is 23.1 Å². The van der Waals surface area contributed by atoms with Gasteiger partial charge in [0, 0.05) is 29.6 Å². The number of ketones is 1. The molecule has 0 saturated heterocycles. The van der Waals surface area contributed by atoms with Gasteiger partial charge in [-0.05, 0) is 66.8 Å². The van der Waals surface area contributed by atoms with Crippen molar-refractivity contribution in [1.29, 1.82) is 0 Å². The van der Waals surface area contributed by atoms with Crippen LogP contribution in [0.25, 0.3) is 5.69 Å². The average Bonchev–Trinajstić information content (AvgIpc) is 3.69. The average molecular weight is 623 g/mol. The molecule has 3 aromatic heterocycles. The Bertz CT molecular complexity index is 1750. The lowest BCUT2D eigenvalue weighted by molar-refractivity contribution is -0.113. The van der Waals surface area contributed by atoms with E-state index in [0.717, 1.165) is 36.3 Å². The van der Waals surface area contributed by atoms with Crippen molar-refractivity contribution in [3.63, 3.8) is 0 Å². The van der Waals surface area contributed by atoms with E-state index in [1.165, 1.54) is 34.0 Å². The van der Waals surface area contributed by atoms with Crippen LogP contribution in [0.3, 0.4) is 0 Å². The fourth-order valence-electron chi connectivity index (χ4n) is 5.40. The van der Waals surface area contributed by atoms with Gasteiger partial charge in [-0.1, -0.05) is 73.1 Å². The lowest BCUT2D eigenvalue weighted by Gasteiger charge is -2.23. The molecule has 1 atom stereocenters. The third-order valence-electron chi connectivity index (χ3n) is 7.80. The molecule has 2 aromatic carbocycles. The smallest absolute Gasteiger partial charge is 0.237 e. The Balaban J connectivity index is 1.16. The molecular weight excluding hydrogens is 589 g/mol. The van der Waals surface area contributed by atoms with E-state index in [-0.39, 0.29) is 29.3 Å². The lowest BCUT2D eigenvalue weighted by atomic mass is 9.82. The van der Waals surface area contributed by atoms with Crippen LogP contribution in [0.15, 0.2) is 77.4 Å². The van der Waals surface area contributed by atoms with E-state index in [4.69, 9.17) is 0 Å². The summed E-state index contributed by atoms with van der Waals surface area (Å²) >= 11 is 3.00. The maximum absolute atomic E-state index is 13.1. The number of amides is 1. The molecule has 10 heteroatoms. The number of hydrogen-bond acceptors (Lipinski definition) is 8. The zero-order chi connectivity index (χ0) is 30.5. The minimum absolute atomic E-state index is 0.0290. The number of benzene rings is 2. The van der Waals surface area contributed by atoms with Gasteiger partial charge in [0.1, 0.15) is 5.82 Å². The van der Waals surface area contributed by atoms with Crippen LogP contribution in [0.5, 0.6) is 0 Å². The number of anilines is 1. The quantitative estimate of drug-likeness (QED) is 0.158. The molecule has 6 rings (SSSR count). The van der Waals surface area contributed by atoms with Crippen LogP contribution < -0.4 is 5.32 Å². The summed E-state index contributed by atoms with van der Waals surface area (Å²) in [7, 11) is 0. The number of fused-ring (bicyclic) bond motifs is 1. The monoisotopic (exact) mass is 622 g/mol. The third-order valence-corrected chi connectivity index (χ3v) is 9.60. The fraction of sp³-hybridized carbons (Fsp3) is 0.294. The number of carbonyl (C=O) groups is 2. The highest BCUT2D eigenvalue weighted by Crippen LogP contribution is 2.32. The maximum atomic E-state index is 13.1. The molecule has 1 aliphatic rings. The van der Waals surface area contributed by atoms with Crippen LogP contribution in [0.4, 0.5) is 5.95 Å². The van der Waals surface area contributed by atoms with Crippen LogP contribution in [-0.4, -0.2) is 42.2 Å². The van der Waals surface area contributed by atoms with Crippen molar-refractivity contribution in [2.75, 3.05) is 11.1 Å². The van der Waals surface area contributed by atoms with Gasteiger partial charge in [0.05, 0.1) is 17.0 Å².